The smallest absolute Gasteiger partial charge is 0.0843 e. The molecule has 0 fully saturated rings. The Balaban J connectivity index is 1.56. The number of fused-ring (bicyclic) bond motifs is 1. The monoisotopic (exact) mass is 541 g/mol. The minimum absolute atomic E-state index is 0.322. The third-order valence-electron chi connectivity index (χ3n) is 6.75. The van der Waals surface area contributed by atoms with Crippen molar-refractivity contribution in [2.24, 2.45) is 0 Å². The molecule has 1 N–H and O–H groups in total. The van der Waals surface area contributed by atoms with Crippen LogP contribution in [0.3, 0.4) is 0 Å². The average Bonchev–Trinajstić information content (AvgIpc) is 2.91. The molecule has 1 heterocycles. The number of aryl methyl sites for hydroxylation is 1. The van der Waals surface area contributed by atoms with E-state index in [1.165, 1.54) is 16.7 Å². The third kappa shape index (κ3) is 7.60. The first-order chi connectivity index (χ1) is 18.2. The van der Waals surface area contributed by atoms with Crippen molar-refractivity contribution >= 4 is 46.4 Å². The predicted octanol–water partition coefficient (Wildman–Crippen LogP) is 9.66. The summed E-state index contributed by atoms with van der Waals surface area (Å²) in [6.07, 6.45) is 7.06. The van der Waals surface area contributed by atoms with Gasteiger partial charge in [0.25, 0.3) is 0 Å². The highest BCUT2D eigenvalue weighted by atomic mass is 35.5. The maximum Gasteiger partial charge on any atom is 0.0843 e. The lowest BCUT2D eigenvalue weighted by molar-refractivity contribution is 0.0776. The molecule has 4 aromatic rings. The summed E-state index contributed by atoms with van der Waals surface area (Å²) in [5, 5.41) is 12.8. The van der Waals surface area contributed by atoms with E-state index in [-0.39, 0.29) is 0 Å². The molecule has 0 saturated carbocycles. The molecule has 3 aromatic carbocycles. The summed E-state index contributed by atoms with van der Waals surface area (Å²) >= 11 is 8.12. The molecular weight excluding hydrogens is 506 g/mol. The van der Waals surface area contributed by atoms with Gasteiger partial charge in [-0.2, -0.15) is 0 Å². The van der Waals surface area contributed by atoms with Crippen LogP contribution in [0.2, 0.25) is 5.02 Å². The zero-order valence-electron chi connectivity index (χ0n) is 22.5. The summed E-state index contributed by atoms with van der Waals surface area (Å²) < 4.78 is 0. The van der Waals surface area contributed by atoms with E-state index >= 15 is 0 Å². The van der Waals surface area contributed by atoms with Gasteiger partial charge in [-0.05, 0) is 79.6 Å². The molecule has 196 valence electrons. The van der Waals surface area contributed by atoms with Crippen LogP contribution in [0.5, 0.6) is 0 Å². The molecule has 38 heavy (non-hydrogen) atoms. The summed E-state index contributed by atoms with van der Waals surface area (Å²) in [6.45, 7) is 10.1. The molecule has 1 aromatic heterocycles. The normalized spacial score (nSPS) is 12.8. The summed E-state index contributed by atoms with van der Waals surface area (Å²) in [5.74, 6) is 0.942. The molecule has 4 heteroatoms. The first-order valence-electron chi connectivity index (χ1n) is 13.2. The molecule has 0 bridgehead atoms. The fourth-order valence-corrected chi connectivity index (χ4v) is 5.96. The van der Waals surface area contributed by atoms with Gasteiger partial charge < -0.3 is 5.11 Å². The molecule has 0 amide bonds. The van der Waals surface area contributed by atoms with Crippen LogP contribution in [0, 0.1) is 0 Å². The van der Waals surface area contributed by atoms with Gasteiger partial charge in [-0.3, -0.25) is 0 Å². The Morgan fingerprint density at radius 1 is 1.03 bits per heavy atom. The highest BCUT2D eigenvalue weighted by Crippen LogP contribution is 2.36. The molecule has 0 radical (unpaired) electrons. The molecule has 1 unspecified atom stereocenters. The zero-order valence-corrected chi connectivity index (χ0v) is 24.0. The maximum absolute atomic E-state index is 10.7. The van der Waals surface area contributed by atoms with Gasteiger partial charge in [0, 0.05) is 21.4 Å². The predicted molar refractivity (Wildman–Crippen MR) is 167 cm³/mol. The van der Waals surface area contributed by atoms with Crippen LogP contribution >= 0.6 is 23.4 Å². The van der Waals surface area contributed by atoms with Crippen molar-refractivity contribution in [1.82, 2.24) is 4.98 Å². The quantitative estimate of drug-likeness (QED) is 0.192. The van der Waals surface area contributed by atoms with Crippen molar-refractivity contribution in [1.29, 1.82) is 0 Å². The summed E-state index contributed by atoms with van der Waals surface area (Å²) in [6, 6.07) is 26.9. The summed E-state index contributed by atoms with van der Waals surface area (Å²) in [5.41, 5.74) is 6.86. The average molecular weight is 542 g/mol. The number of hydrogen-bond acceptors (Lipinski definition) is 3. The van der Waals surface area contributed by atoms with Crippen LogP contribution in [-0.4, -0.2) is 15.8 Å². The minimum Gasteiger partial charge on any atom is -0.386 e. The molecule has 0 aliphatic carbocycles. The SMILES string of the molecule is C=C(CC)CSC(CCc1ccccc1C(C)(C)O)c1cccc(/C=C/c2ccc3ccc(Cl)cc3n2)c1. The fourth-order valence-electron chi connectivity index (χ4n) is 4.53. The Morgan fingerprint density at radius 2 is 1.82 bits per heavy atom. The molecule has 2 nitrogen and oxygen atoms in total. The van der Waals surface area contributed by atoms with E-state index in [0.717, 1.165) is 52.7 Å². The molecule has 0 aliphatic rings. The number of pyridine rings is 1. The number of aliphatic hydroxyl groups is 1. The number of rotatable bonds is 11. The second kappa shape index (κ2) is 12.8. The molecule has 4 rings (SSSR count). The molecule has 0 saturated heterocycles. The van der Waals surface area contributed by atoms with E-state index in [9.17, 15) is 5.11 Å². The van der Waals surface area contributed by atoms with E-state index in [2.05, 4.69) is 68.1 Å². The number of nitrogens with zero attached hydrogens (tertiary/aromatic N) is 1. The largest absolute Gasteiger partial charge is 0.386 e. The van der Waals surface area contributed by atoms with Gasteiger partial charge in [0.1, 0.15) is 0 Å². The van der Waals surface area contributed by atoms with Gasteiger partial charge >= 0.3 is 0 Å². The van der Waals surface area contributed by atoms with Gasteiger partial charge in [0.15, 0.2) is 0 Å². The lowest BCUT2D eigenvalue weighted by Crippen LogP contribution is -2.18. The second-order valence-electron chi connectivity index (χ2n) is 10.2. The van der Waals surface area contributed by atoms with Gasteiger partial charge in [-0.25, -0.2) is 4.98 Å². The molecule has 0 spiro atoms. The van der Waals surface area contributed by atoms with Crippen molar-refractivity contribution in [3.63, 3.8) is 0 Å². The Hall–Kier alpha value is -2.85. The first-order valence-corrected chi connectivity index (χ1v) is 14.6. The van der Waals surface area contributed by atoms with Crippen LogP contribution in [0.25, 0.3) is 23.1 Å². The Bertz CT molecular complexity index is 1440. The zero-order chi connectivity index (χ0) is 27.1. The van der Waals surface area contributed by atoms with Gasteiger partial charge in [-0.1, -0.05) is 97.4 Å². The van der Waals surface area contributed by atoms with Crippen LogP contribution in [0.1, 0.15) is 66.8 Å². The van der Waals surface area contributed by atoms with Crippen LogP contribution in [0.4, 0.5) is 0 Å². The van der Waals surface area contributed by atoms with Crippen LogP contribution in [0.15, 0.2) is 91.0 Å². The van der Waals surface area contributed by atoms with Gasteiger partial charge in [0.2, 0.25) is 0 Å². The summed E-state index contributed by atoms with van der Waals surface area (Å²) in [4.78, 5) is 4.75. The number of benzene rings is 3. The number of hydrogen-bond donors (Lipinski definition) is 1. The minimum atomic E-state index is -0.859. The van der Waals surface area contributed by atoms with E-state index in [1.54, 1.807) is 0 Å². The van der Waals surface area contributed by atoms with Crippen LogP contribution < -0.4 is 0 Å². The van der Waals surface area contributed by atoms with Crippen molar-refractivity contribution < 1.29 is 5.11 Å². The van der Waals surface area contributed by atoms with Crippen molar-refractivity contribution in [3.05, 3.63) is 124 Å². The molecule has 0 aliphatic heterocycles. The van der Waals surface area contributed by atoms with Gasteiger partial charge in [0.05, 0.1) is 16.8 Å². The number of halogens is 1. The van der Waals surface area contributed by atoms with Crippen molar-refractivity contribution in [3.8, 4) is 0 Å². The third-order valence-corrected chi connectivity index (χ3v) is 8.47. The molecule has 1 atom stereocenters. The highest BCUT2D eigenvalue weighted by Gasteiger charge is 2.21. The second-order valence-corrected chi connectivity index (χ2v) is 11.9. The lowest BCUT2D eigenvalue weighted by atomic mass is 9.90. The maximum atomic E-state index is 10.7. The van der Waals surface area contributed by atoms with E-state index in [4.69, 9.17) is 16.6 Å². The van der Waals surface area contributed by atoms with Crippen LogP contribution in [-0.2, 0) is 12.0 Å². The van der Waals surface area contributed by atoms with E-state index < -0.39 is 5.60 Å². The van der Waals surface area contributed by atoms with E-state index in [1.807, 2.05) is 62.0 Å². The Kier molecular flexibility index (Phi) is 9.49. The lowest BCUT2D eigenvalue weighted by Gasteiger charge is -2.23. The fraction of sp³-hybridized carbons (Fsp3) is 0.265. The van der Waals surface area contributed by atoms with Gasteiger partial charge in [-0.15, -0.1) is 11.8 Å². The van der Waals surface area contributed by atoms with Crippen molar-refractivity contribution in [2.75, 3.05) is 5.75 Å². The number of aromatic nitrogens is 1. The number of thioether (sulfide) groups is 1. The highest BCUT2D eigenvalue weighted by molar-refractivity contribution is 7.99. The van der Waals surface area contributed by atoms with E-state index in [0.29, 0.717) is 10.3 Å². The molecular formula is C34H36ClNOS. The summed E-state index contributed by atoms with van der Waals surface area (Å²) in [7, 11) is 0. The topological polar surface area (TPSA) is 33.1 Å². The Morgan fingerprint density at radius 3 is 2.61 bits per heavy atom. The standard InChI is InChI=1S/C34H36ClNOS/c1-5-24(2)23-38-33(20-16-26-10-6-7-12-31(26)34(3,4)37)28-11-8-9-25(21-28)13-18-30-19-15-27-14-17-29(35)22-32(27)36-30/h6-15,17-19,21-22,33,37H,2,5,16,20,23H2,1,3-4H3/b18-13+. The van der Waals surface area contributed by atoms with Crippen molar-refractivity contribution in [2.45, 2.75) is 50.9 Å². The first kappa shape index (κ1) is 28.2. The Labute approximate surface area is 236 Å².